The van der Waals surface area contributed by atoms with Gasteiger partial charge in [0.2, 0.25) is 0 Å². The Labute approximate surface area is 182 Å². The third kappa shape index (κ3) is 5.17. The van der Waals surface area contributed by atoms with Crippen molar-refractivity contribution in [3.8, 4) is 5.75 Å². The lowest BCUT2D eigenvalue weighted by Crippen LogP contribution is -2.31. The predicted molar refractivity (Wildman–Crippen MR) is 110 cm³/mol. The highest BCUT2D eigenvalue weighted by Crippen LogP contribution is 2.40. The molecule has 11 heteroatoms. The number of hydrogen-bond acceptors (Lipinski definition) is 7. The highest BCUT2D eigenvalue weighted by atomic mass is 19.4. The summed E-state index contributed by atoms with van der Waals surface area (Å²) in [6.07, 6.45) is 1.28. The van der Waals surface area contributed by atoms with Crippen molar-refractivity contribution in [2.75, 3.05) is 25.1 Å². The van der Waals surface area contributed by atoms with Gasteiger partial charge < -0.3 is 14.8 Å². The highest BCUT2D eigenvalue weighted by molar-refractivity contribution is 5.97. The Morgan fingerprint density at radius 3 is 2.78 bits per heavy atom. The first kappa shape index (κ1) is 22.0. The lowest BCUT2D eigenvalue weighted by molar-refractivity contribution is -0.153. The van der Waals surface area contributed by atoms with E-state index in [1.54, 1.807) is 30.5 Å². The number of anilines is 2. The topological polar surface area (TPSA) is 111 Å². The zero-order valence-electron chi connectivity index (χ0n) is 17.0. The number of alkyl halides is 3. The minimum Gasteiger partial charge on any atom is -0.481 e. The molecule has 0 atom stereocenters. The summed E-state index contributed by atoms with van der Waals surface area (Å²) in [7, 11) is 0. The van der Waals surface area contributed by atoms with Crippen molar-refractivity contribution in [1.82, 2.24) is 15.4 Å². The number of benzene rings is 1. The molecular formula is C21H22F3N5O3. The fourth-order valence-electron chi connectivity index (χ4n) is 3.39. The number of rotatable bonds is 7. The third-order valence-corrected chi connectivity index (χ3v) is 5.09. The first-order valence-corrected chi connectivity index (χ1v) is 10.1. The number of hydrogen-bond donors (Lipinski definition) is 3. The second-order valence-corrected chi connectivity index (χ2v) is 7.51. The van der Waals surface area contributed by atoms with Gasteiger partial charge in [-0.2, -0.15) is 13.2 Å². The average Bonchev–Trinajstić information content (AvgIpc) is 3.63. The largest absolute Gasteiger partial charge is 0.481 e. The van der Waals surface area contributed by atoms with E-state index in [1.165, 1.54) is 0 Å². The molecule has 0 spiro atoms. The Kier molecular flexibility index (Phi) is 6.28. The van der Waals surface area contributed by atoms with Crippen LogP contribution in [0.4, 0.5) is 24.7 Å². The quantitative estimate of drug-likeness (QED) is 0.337. The molecule has 2 aromatic rings. The number of para-hydroxylation sites is 1. The van der Waals surface area contributed by atoms with Crippen LogP contribution in [0.15, 0.2) is 30.5 Å². The molecule has 8 nitrogen and oxygen atoms in total. The van der Waals surface area contributed by atoms with Crippen LogP contribution < -0.4 is 21.3 Å². The summed E-state index contributed by atoms with van der Waals surface area (Å²) in [5, 5.41) is 2.92. The van der Waals surface area contributed by atoms with E-state index in [4.69, 9.17) is 15.3 Å². The summed E-state index contributed by atoms with van der Waals surface area (Å²) in [6.45, 7) is -0.650. The second kappa shape index (κ2) is 9.13. The molecule has 1 saturated carbocycles. The first-order chi connectivity index (χ1) is 15.4. The Hall–Kier alpha value is -3.18. The van der Waals surface area contributed by atoms with Gasteiger partial charge in [-0.25, -0.2) is 15.8 Å². The molecule has 1 aromatic carbocycles. The third-order valence-electron chi connectivity index (χ3n) is 5.09. The summed E-state index contributed by atoms with van der Waals surface area (Å²) in [5.74, 6) is 4.94. The van der Waals surface area contributed by atoms with Crippen molar-refractivity contribution < 1.29 is 27.4 Å². The molecular weight excluding hydrogens is 427 g/mol. The lowest BCUT2D eigenvalue weighted by atomic mass is 9.99. The summed E-state index contributed by atoms with van der Waals surface area (Å²) in [5.41, 5.74) is 4.20. The molecule has 0 radical (unpaired) electrons. The molecule has 4 N–H and O–H groups in total. The molecule has 2 heterocycles. The zero-order chi connectivity index (χ0) is 22.7. The van der Waals surface area contributed by atoms with Crippen LogP contribution in [0.2, 0.25) is 0 Å². The van der Waals surface area contributed by atoms with Crippen molar-refractivity contribution in [2.24, 2.45) is 5.84 Å². The number of carbonyl (C=O) groups excluding carboxylic acids is 1. The van der Waals surface area contributed by atoms with E-state index in [-0.39, 0.29) is 28.9 Å². The number of nitrogens with zero attached hydrogens (tertiary/aromatic N) is 2. The van der Waals surface area contributed by atoms with Crippen molar-refractivity contribution in [3.63, 3.8) is 0 Å². The SMILES string of the molecule is NNC(=O)c1nc(C2CC2)cnc1Nc1cccc(C2=CCOCC2)c1OCC(F)(F)F. The van der Waals surface area contributed by atoms with Crippen molar-refractivity contribution in [1.29, 1.82) is 0 Å². The van der Waals surface area contributed by atoms with E-state index in [1.807, 2.05) is 5.43 Å². The Balaban J connectivity index is 1.73. The second-order valence-electron chi connectivity index (χ2n) is 7.51. The van der Waals surface area contributed by atoms with Crippen LogP contribution in [0, 0.1) is 0 Å². The average molecular weight is 449 g/mol. The normalized spacial score (nSPS) is 16.3. The number of aromatic nitrogens is 2. The molecule has 2 aliphatic rings. The number of ether oxygens (including phenoxy) is 2. The van der Waals surface area contributed by atoms with Gasteiger partial charge in [-0.05, 0) is 30.9 Å². The van der Waals surface area contributed by atoms with Crippen LogP contribution in [0.25, 0.3) is 5.57 Å². The number of hydrazine groups is 1. The molecule has 1 aliphatic heterocycles. The van der Waals surface area contributed by atoms with E-state index >= 15 is 0 Å². The monoisotopic (exact) mass is 449 g/mol. The minimum absolute atomic E-state index is 0.00477. The summed E-state index contributed by atoms with van der Waals surface area (Å²) in [4.78, 5) is 21.0. The van der Waals surface area contributed by atoms with Crippen LogP contribution >= 0.6 is 0 Å². The molecule has 1 fully saturated rings. The molecule has 1 amide bonds. The molecule has 1 aromatic heterocycles. The van der Waals surface area contributed by atoms with Gasteiger partial charge >= 0.3 is 6.18 Å². The molecule has 0 saturated heterocycles. The van der Waals surface area contributed by atoms with Crippen LogP contribution in [0.1, 0.15) is 46.9 Å². The Morgan fingerprint density at radius 2 is 2.12 bits per heavy atom. The number of nitrogens with one attached hydrogen (secondary N) is 2. The molecule has 4 rings (SSSR count). The first-order valence-electron chi connectivity index (χ1n) is 10.1. The summed E-state index contributed by atoms with van der Waals surface area (Å²) >= 11 is 0. The van der Waals surface area contributed by atoms with Crippen LogP contribution in [-0.2, 0) is 4.74 Å². The number of carbonyl (C=O) groups is 1. The van der Waals surface area contributed by atoms with Gasteiger partial charge in [0, 0.05) is 11.5 Å². The Morgan fingerprint density at radius 1 is 1.31 bits per heavy atom. The highest BCUT2D eigenvalue weighted by Gasteiger charge is 2.31. The molecule has 32 heavy (non-hydrogen) atoms. The van der Waals surface area contributed by atoms with Gasteiger partial charge in [0.25, 0.3) is 5.91 Å². The Bertz CT molecular complexity index is 1040. The fourth-order valence-corrected chi connectivity index (χ4v) is 3.39. The standard InChI is InChI=1S/C21H22F3N5O3/c22-21(23,24)11-32-18-14(12-6-8-31-9-7-12)2-1-3-15(18)28-19-17(20(30)29-25)27-16(10-26-19)13-4-5-13/h1-3,6,10,13H,4-5,7-9,11,25H2,(H,26,28)(H,29,30). The van der Waals surface area contributed by atoms with E-state index in [9.17, 15) is 18.0 Å². The maximum Gasteiger partial charge on any atom is 0.422 e. The molecule has 170 valence electrons. The fraction of sp³-hybridized carbons (Fsp3) is 0.381. The van der Waals surface area contributed by atoms with Crippen molar-refractivity contribution in [2.45, 2.75) is 31.4 Å². The van der Waals surface area contributed by atoms with Gasteiger partial charge in [0.1, 0.15) is 0 Å². The van der Waals surface area contributed by atoms with E-state index in [0.29, 0.717) is 30.9 Å². The van der Waals surface area contributed by atoms with Crippen LogP contribution in [0.5, 0.6) is 5.75 Å². The molecule has 0 bridgehead atoms. The number of halogens is 3. The minimum atomic E-state index is -4.52. The van der Waals surface area contributed by atoms with Gasteiger partial charge in [-0.3, -0.25) is 10.2 Å². The van der Waals surface area contributed by atoms with Gasteiger partial charge in [0.05, 0.1) is 30.8 Å². The smallest absolute Gasteiger partial charge is 0.422 e. The van der Waals surface area contributed by atoms with Crippen LogP contribution in [-0.4, -0.2) is 41.9 Å². The van der Waals surface area contributed by atoms with E-state index in [2.05, 4.69) is 15.3 Å². The van der Waals surface area contributed by atoms with Crippen molar-refractivity contribution in [3.05, 3.63) is 47.4 Å². The van der Waals surface area contributed by atoms with Gasteiger partial charge in [-0.1, -0.05) is 18.2 Å². The van der Waals surface area contributed by atoms with Crippen LogP contribution in [0.3, 0.4) is 0 Å². The van der Waals surface area contributed by atoms with E-state index in [0.717, 1.165) is 18.4 Å². The summed E-state index contributed by atoms with van der Waals surface area (Å²) in [6, 6.07) is 4.92. The number of nitrogen functional groups attached to an aromatic ring is 1. The summed E-state index contributed by atoms with van der Waals surface area (Å²) < 4.78 is 49.4. The number of amides is 1. The van der Waals surface area contributed by atoms with Gasteiger partial charge in [-0.15, -0.1) is 0 Å². The van der Waals surface area contributed by atoms with E-state index < -0.39 is 18.7 Å². The van der Waals surface area contributed by atoms with Gasteiger partial charge in [0.15, 0.2) is 23.9 Å². The maximum absolute atomic E-state index is 12.9. The lowest BCUT2D eigenvalue weighted by Gasteiger charge is -2.21. The molecule has 0 unspecified atom stereocenters. The predicted octanol–water partition coefficient (Wildman–Crippen LogP) is 3.45. The van der Waals surface area contributed by atoms with Crippen molar-refractivity contribution >= 4 is 23.0 Å². The number of nitrogens with two attached hydrogens (primary N) is 1. The molecule has 1 aliphatic carbocycles. The maximum atomic E-state index is 12.9. The zero-order valence-corrected chi connectivity index (χ0v) is 17.0.